The summed E-state index contributed by atoms with van der Waals surface area (Å²) in [5, 5.41) is 11.7. The quantitative estimate of drug-likeness (QED) is 0.507. The highest BCUT2D eigenvalue weighted by atomic mass is 32.1. The summed E-state index contributed by atoms with van der Waals surface area (Å²) in [7, 11) is 0. The topological polar surface area (TPSA) is 85.1 Å². The third kappa shape index (κ3) is 2.80. The van der Waals surface area contributed by atoms with Gasteiger partial charge in [-0.3, -0.25) is 10.1 Å². The van der Waals surface area contributed by atoms with Gasteiger partial charge in [0.2, 0.25) is 5.82 Å². The molecule has 0 unspecified atom stereocenters. The van der Waals surface area contributed by atoms with Gasteiger partial charge >= 0.3 is 0 Å². The number of amides is 1. The van der Waals surface area contributed by atoms with Crippen molar-refractivity contribution in [2.24, 2.45) is 0 Å². The van der Waals surface area contributed by atoms with E-state index in [0.717, 1.165) is 27.7 Å². The van der Waals surface area contributed by atoms with Crippen LogP contribution in [0.1, 0.15) is 16.3 Å². The van der Waals surface area contributed by atoms with Crippen molar-refractivity contribution >= 4 is 38.9 Å². The van der Waals surface area contributed by atoms with Crippen molar-refractivity contribution < 1.29 is 4.79 Å². The lowest BCUT2D eigenvalue weighted by molar-refractivity contribution is 0.101. The molecule has 1 amide bonds. The van der Waals surface area contributed by atoms with Crippen LogP contribution in [0, 0.1) is 6.92 Å². The number of anilines is 1. The summed E-state index contributed by atoms with van der Waals surface area (Å²) in [5.74, 6) is 0.0353. The fourth-order valence-corrected chi connectivity index (χ4v) is 3.76. The molecule has 0 aliphatic rings. The van der Waals surface area contributed by atoms with E-state index < -0.39 is 5.91 Å². The molecule has 0 aliphatic carbocycles. The van der Waals surface area contributed by atoms with Gasteiger partial charge in [-0.1, -0.05) is 42.5 Å². The number of fused-ring (bicyclic) bond motifs is 2. The minimum atomic E-state index is -0.413. The Balaban J connectivity index is 1.44. The number of nitrogens with zero attached hydrogens (tertiary/aromatic N) is 5. The van der Waals surface area contributed by atoms with Crippen molar-refractivity contribution in [3.63, 3.8) is 0 Å². The van der Waals surface area contributed by atoms with Gasteiger partial charge in [0.1, 0.15) is 0 Å². The van der Waals surface area contributed by atoms with Crippen molar-refractivity contribution in [3.05, 3.63) is 71.6 Å². The van der Waals surface area contributed by atoms with Crippen LogP contribution in [0.4, 0.5) is 5.13 Å². The molecule has 3 heterocycles. The maximum Gasteiger partial charge on any atom is 0.297 e. The molecule has 3 aromatic heterocycles. The molecule has 5 aromatic rings. The number of carbonyl (C=O) groups is 1. The summed E-state index contributed by atoms with van der Waals surface area (Å²) in [5.41, 5.74) is 2.70. The van der Waals surface area contributed by atoms with Gasteiger partial charge in [-0.15, -0.1) is 16.4 Å². The Bertz CT molecular complexity index is 1330. The van der Waals surface area contributed by atoms with Crippen molar-refractivity contribution in [3.8, 4) is 11.3 Å². The number of aryl methyl sites for hydroxylation is 1. The van der Waals surface area contributed by atoms with Crippen LogP contribution >= 0.6 is 11.3 Å². The monoisotopic (exact) mass is 386 g/mol. The molecule has 7 nitrogen and oxygen atoms in total. The Morgan fingerprint density at radius 3 is 2.82 bits per heavy atom. The van der Waals surface area contributed by atoms with E-state index in [2.05, 4.69) is 43.6 Å². The predicted octanol–water partition coefficient (Wildman–Crippen LogP) is 3.96. The Labute approximate surface area is 163 Å². The van der Waals surface area contributed by atoms with E-state index in [1.807, 2.05) is 36.6 Å². The van der Waals surface area contributed by atoms with Crippen LogP contribution in [0.2, 0.25) is 0 Å². The van der Waals surface area contributed by atoms with Gasteiger partial charge in [0.25, 0.3) is 11.7 Å². The van der Waals surface area contributed by atoms with Crippen molar-refractivity contribution in [2.45, 2.75) is 6.92 Å². The average Bonchev–Trinajstić information content (AvgIpc) is 3.35. The van der Waals surface area contributed by atoms with Crippen LogP contribution in [0.3, 0.4) is 0 Å². The molecule has 136 valence electrons. The molecule has 1 N–H and O–H groups in total. The highest BCUT2D eigenvalue weighted by molar-refractivity contribution is 7.14. The van der Waals surface area contributed by atoms with E-state index in [9.17, 15) is 4.79 Å². The zero-order chi connectivity index (χ0) is 19.1. The molecule has 0 saturated carbocycles. The first kappa shape index (κ1) is 16.5. The second-order valence-electron chi connectivity index (χ2n) is 6.25. The number of aromatic nitrogens is 5. The van der Waals surface area contributed by atoms with Crippen molar-refractivity contribution in [2.75, 3.05) is 5.32 Å². The molecular formula is C20H14N6OS. The second-order valence-corrected chi connectivity index (χ2v) is 7.11. The molecule has 0 radical (unpaired) electrons. The van der Waals surface area contributed by atoms with Gasteiger partial charge in [0.05, 0.1) is 5.69 Å². The molecule has 0 saturated heterocycles. The fourth-order valence-electron chi connectivity index (χ4n) is 3.06. The van der Waals surface area contributed by atoms with Crippen LogP contribution in [-0.2, 0) is 0 Å². The van der Waals surface area contributed by atoms with Crippen molar-refractivity contribution in [1.82, 2.24) is 24.6 Å². The highest BCUT2D eigenvalue weighted by Gasteiger charge is 2.16. The van der Waals surface area contributed by atoms with Crippen LogP contribution in [-0.4, -0.2) is 30.5 Å². The fraction of sp³-hybridized carbons (Fsp3) is 0.0500. The van der Waals surface area contributed by atoms with Gasteiger partial charge in [0, 0.05) is 22.8 Å². The first-order chi connectivity index (χ1) is 13.7. The van der Waals surface area contributed by atoms with E-state index in [-0.39, 0.29) is 5.82 Å². The number of hydrogen-bond acceptors (Lipinski definition) is 6. The summed E-state index contributed by atoms with van der Waals surface area (Å²) in [6.45, 7) is 1.88. The van der Waals surface area contributed by atoms with Crippen LogP contribution in [0.5, 0.6) is 0 Å². The summed E-state index contributed by atoms with van der Waals surface area (Å²) < 4.78 is 1.54. The number of thiazole rings is 1. The number of nitrogens with one attached hydrogen (secondary N) is 1. The molecule has 0 atom stereocenters. The van der Waals surface area contributed by atoms with Gasteiger partial charge < -0.3 is 0 Å². The molecule has 0 spiro atoms. The minimum Gasteiger partial charge on any atom is -0.295 e. The lowest BCUT2D eigenvalue weighted by Crippen LogP contribution is -2.13. The maximum absolute atomic E-state index is 12.5. The zero-order valence-electron chi connectivity index (χ0n) is 14.8. The van der Waals surface area contributed by atoms with Crippen LogP contribution in [0.15, 0.2) is 60.1 Å². The highest BCUT2D eigenvalue weighted by Crippen LogP contribution is 2.31. The predicted molar refractivity (Wildman–Crippen MR) is 109 cm³/mol. The molecule has 5 rings (SSSR count). The molecule has 0 fully saturated rings. The van der Waals surface area contributed by atoms with Gasteiger partial charge in [-0.2, -0.15) is 4.98 Å². The van der Waals surface area contributed by atoms with Gasteiger partial charge in [-0.25, -0.2) is 14.5 Å². The van der Waals surface area contributed by atoms with E-state index >= 15 is 0 Å². The minimum absolute atomic E-state index is 0.0590. The molecule has 2 aromatic carbocycles. The van der Waals surface area contributed by atoms with E-state index in [4.69, 9.17) is 0 Å². The lowest BCUT2D eigenvalue weighted by atomic mass is 10.0. The molecule has 0 aliphatic heterocycles. The maximum atomic E-state index is 12.5. The molecule has 0 bridgehead atoms. The zero-order valence-corrected chi connectivity index (χ0v) is 15.6. The Morgan fingerprint density at radius 2 is 1.93 bits per heavy atom. The van der Waals surface area contributed by atoms with E-state index in [1.54, 1.807) is 12.3 Å². The SMILES string of the molecule is Cc1ccnc2nc(C(=O)Nc3nc(-c4cccc5ccccc45)cs3)nn12. The van der Waals surface area contributed by atoms with Gasteiger partial charge in [0.15, 0.2) is 5.13 Å². The smallest absolute Gasteiger partial charge is 0.295 e. The Kier molecular flexibility index (Phi) is 3.84. The Morgan fingerprint density at radius 1 is 1.07 bits per heavy atom. The lowest BCUT2D eigenvalue weighted by Gasteiger charge is -2.03. The summed E-state index contributed by atoms with van der Waals surface area (Å²) in [6, 6.07) is 16.1. The molecule has 28 heavy (non-hydrogen) atoms. The number of hydrogen-bond donors (Lipinski definition) is 1. The largest absolute Gasteiger partial charge is 0.297 e. The summed E-state index contributed by atoms with van der Waals surface area (Å²) in [6.07, 6.45) is 1.64. The van der Waals surface area contributed by atoms with Crippen LogP contribution < -0.4 is 5.32 Å². The molecule has 8 heteroatoms. The first-order valence-electron chi connectivity index (χ1n) is 8.62. The van der Waals surface area contributed by atoms with Gasteiger partial charge in [-0.05, 0) is 23.8 Å². The normalized spacial score (nSPS) is 11.2. The number of carbonyl (C=O) groups excluding carboxylic acids is 1. The average molecular weight is 386 g/mol. The Hall–Kier alpha value is -3.65. The van der Waals surface area contributed by atoms with E-state index in [0.29, 0.717) is 10.9 Å². The third-order valence-electron chi connectivity index (χ3n) is 4.42. The van der Waals surface area contributed by atoms with E-state index in [1.165, 1.54) is 15.9 Å². The summed E-state index contributed by atoms with van der Waals surface area (Å²) >= 11 is 1.36. The standard InChI is InChI=1S/C20H14N6OS/c1-12-9-10-21-19-23-17(25-26(12)19)18(27)24-20-22-16(11-28-20)15-8-4-6-13-5-2-3-7-14(13)15/h2-11H,1H3,(H,22,24,27). The number of benzene rings is 2. The van der Waals surface area contributed by atoms with Crippen LogP contribution in [0.25, 0.3) is 27.8 Å². The summed E-state index contributed by atoms with van der Waals surface area (Å²) in [4.78, 5) is 25.4. The van der Waals surface area contributed by atoms with Crippen molar-refractivity contribution in [1.29, 1.82) is 0 Å². The third-order valence-corrected chi connectivity index (χ3v) is 5.18. The second kappa shape index (κ2) is 6.50. The number of rotatable bonds is 3. The molecular weight excluding hydrogens is 372 g/mol. The first-order valence-corrected chi connectivity index (χ1v) is 9.50.